The fraction of sp³-hybridized carbons (Fsp3) is 0.0612. The van der Waals surface area contributed by atoms with E-state index in [-0.39, 0.29) is 0 Å². The van der Waals surface area contributed by atoms with Crippen molar-refractivity contribution in [1.29, 1.82) is 0 Å². The van der Waals surface area contributed by atoms with Crippen LogP contribution in [0.2, 0.25) is 19.6 Å². The molecule has 3 heteroatoms. The van der Waals surface area contributed by atoms with Gasteiger partial charge in [-0.15, -0.1) is 0 Å². The zero-order valence-corrected chi connectivity index (χ0v) is 30.8. The Labute approximate surface area is 306 Å². The Kier molecular flexibility index (Phi) is 7.87. The van der Waals surface area contributed by atoms with Crippen molar-refractivity contribution < 1.29 is 0 Å². The molecule has 0 atom stereocenters. The lowest BCUT2D eigenvalue weighted by Crippen LogP contribution is -2.37. The first-order chi connectivity index (χ1) is 25.4. The monoisotopic (exact) mass is 684 g/mol. The quantitative estimate of drug-likeness (QED) is 0.152. The Morgan fingerprint density at radius 3 is 1.54 bits per heavy atom. The summed E-state index contributed by atoms with van der Waals surface area (Å²) in [4.78, 5) is 2.40. The van der Waals surface area contributed by atoms with Crippen molar-refractivity contribution in [2.24, 2.45) is 0 Å². The van der Waals surface area contributed by atoms with Gasteiger partial charge >= 0.3 is 0 Å². The summed E-state index contributed by atoms with van der Waals surface area (Å²) in [6.45, 7) is 7.22. The number of anilines is 3. The average molecular weight is 685 g/mol. The van der Waals surface area contributed by atoms with Gasteiger partial charge in [0.2, 0.25) is 0 Å². The van der Waals surface area contributed by atoms with E-state index in [1.807, 2.05) is 0 Å². The van der Waals surface area contributed by atoms with Crippen LogP contribution in [-0.4, -0.2) is 12.6 Å². The summed E-state index contributed by atoms with van der Waals surface area (Å²) in [7, 11) is -1.47. The summed E-state index contributed by atoms with van der Waals surface area (Å²) in [5.74, 6) is 0. The van der Waals surface area contributed by atoms with Gasteiger partial charge in [-0.25, -0.2) is 0 Å². The zero-order valence-electron chi connectivity index (χ0n) is 29.8. The Morgan fingerprint density at radius 1 is 0.423 bits per heavy atom. The van der Waals surface area contributed by atoms with Crippen LogP contribution in [0.1, 0.15) is 0 Å². The molecule has 52 heavy (non-hydrogen) atoms. The first-order valence-corrected chi connectivity index (χ1v) is 21.6. The van der Waals surface area contributed by atoms with E-state index < -0.39 is 8.07 Å². The number of aromatic nitrogens is 1. The molecule has 0 bridgehead atoms. The van der Waals surface area contributed by atoms with Crippen LogP contribution in [0.25, 0.3) is 60.5 Å². The topological polar surface area (TPSA) is 8.17 Å². The molecule has 0 fully saturated rings. The summed E-state index contributed by atoms with van der Waals surface area (Å²) >= 11 is 0. The lowest BCUT2D eigenvalue weighted by molar-refractivity contribution is 1.17. The molecule has 250 valence electrons. The van der Waals surface area contributed by atoms with E-state index in [2.05, 4.69) is 217 Å². The highest BCUT2D eigenvalue weighted by Crippen LogP contribution is 2.40. The van der Waals surface area contributed by atoms with E-state index in [9.17, 15) is 0 Å². The maximum Gasteiger partial charge on any atom is 0.0775 e. The van der Waals surface area contributed by atoms with Gasteiger partial charge in [0.15, 0.2) is 0 Å². The number of nitrogens with zero attached hydrogens (tertiary/aromatic N) is 2. The van der Waals surface area contributed by atoms with E-state index in [1.165, 1.54) is 60.0 Å². The molecule has 0 saturated heterocycles. The van der Waals surface area contributed by atoms with E-state index in [1.54, 1.807) is 0 Å². The highest BCUT2D eigenvalue weighted by Gasteiger charge is 2.20. The molecule has 2 nitrogen and oxygen atoms in total. The van der Waals surface area contributed by atoms with Crippen molar-refractivity contribution >= 4 is 62.9 Å². The Bertz CT molecular complexity index is 2640. The van der Waals surface area contributed by atoms with Crippen molar-refractivity contribution in [2.75, 3.05) is 4.90 Å². The molecule has 0 saturated carbocycles. The molecule has 9 aromatic rings. The second kappa shape index (κ2) is 12.9. The summed E-state index contributed by atoms with van der Waals surface area (Å²) in [6.07, 6.45) is 0. The van der Waals surface area contributed by atoms with Gasteiger partial charge in [-0.2, -0.15) is 0 Å². The van der Waals surface area contributed by atoms with Gasteiger partial charge < -0.3 is 9.47 Å². The lowest BCUT2D eigenvalue weighted by atomic mass is 9.91. The van der Waals surface area contributed by atoms with E-state index in [0.717, 1.165) is 22.7 Å². The van der Waals surface area contributed by atoms with Crippen molar-refractivity contribution in [3.8, 4) is 27.9 Å². The Balaban J connectivity index is 1.19. The van der Waals surface area contributed by atoms with Gasteiger partial charge in [0.25, 0.3) is 0 Å². The molecule has 0 aliphatic rings. The number of hydrogen-bond donors (Lipinski definition) is 0. The van der Waals surface area contributed by atoms with Gasteiger partial charge in [-0.1, -0.05) is 158 Å². The number of fused-ring (bicyclic) bond motifs is 4. The molecule has 9 rings (SSSR count). The Hall–Kier alpha value is -6.16. The van der Waals surface area contributed by atoms with Gasteiger partial charge in [0, 0.05) is 33.5 Å². The number of benzene rings is 8. The minimum absolute atomic E-state index is 1.12. The molecular formula is C49H40N2Si. The largest absolute Gasteiger partial charge is 0.310 e. The predicted octanol–water partition coefficient (Wildman–Crippen LogP) is 13.3. The molecule has 1 heterocycles. The third-order valence-electron chi connectivity index (χ3n) is 10.3. The summed E-state index contributed by atoms with van der Waals surface area (Å²) in [5.41, 5.74) is 11.9. The molecule has 0 aliphatic heterocycles. The molecule has 0 unspecified atom stereocenters. The summed E-state index contributed by atoms with van der Waals surface area (Å²) in [6, 6.07) is 68.8. The fourth-order valence-corrected chi connectivity index (χ4v) is 8.93. The van der Waals surface area contributed by atoms with Crippen LogP contribution in [0.4, 0.5) is 17.1 Å². The van der Waals surface area contributed by atoms with Crippen LogP contribution < -0.4 is 10.1 Å². The van der Waals surface area contributed by atoms with Crippen molar-refractivity contribution in [3.05, 3.63) is 188 Å². The molecule has 0 aliphatic carbocycles. The first kappa shape index (κ1) is 31.8. The number of para-hydroxylation sites is 2. The van der Waals surface area contributed by atoms with E-state index >= 15 is 0 Å². The normalized spacial score (nSPS) is 11.8. The lowest BCUT2D eigenvalue weighted by Gasteiger charge is -2.27. The van der Waals surface area contributed by atoms with Crippen LogP contribution in [0.15, 0.2) is 188 Å². The van der Waals surface area contributed by atoms with Crippen molar-refractivity contribution in [1.82, 2.24) is 4.57 Å². The van der Waals surface area contributed by atoms with Crippen molar-refractivity contribution in [2.45, 2.75) is 19.6 Å². The van der Waals surface area contributed by atoms with Crippen LogP contribution >= 0.6 is 0 Å². The minimum Gasteiger partial charge on any atom is -0.310 e. The minimum atomic E-state index is -1.47. The third-order valence-corrected chi connectivity index (χ3v) is 12.4. The SMILES string of the molecule is C[Si](C)(C)c1ccc(N(c2ccc(-c3cccc4cccc(-c5ccccc5)c34)cc2)c2cccc(-n3c4ccccc4c4ccccc43)c2)cc1. The maximum absolute atomic E-state index is 2.41. The van der Waals surface area contributed by atoms with Crippen LogP contribution in [-0.2, 0) is 0 Å². The highest BCUT2D eigenvalue weighted by atomic mass is 28.3. The maximum atomic E-state index is 2.41. The average Bonchev–Trinajstić information content (AvgIpc) is 3.53. The van der Waals surface area contributed by atoms with Crippen LogP contribution in [0, 0.1) is 0 Å². The molecule has 0 spiro atoms. The molecular weight excluding hydrogens is 645 g/mol. The summed E-state index contributed by atoms with van der Waals surface area (Å²) in [5, 5.41) is 6.51. The second-order valence-electron chi connectivity index (χ2n) is 14.6. The highest BCUT2D eigenvalue weighted by molar-refractivity contribution is 6.88. The zero-order chi connectivity index (χ0) is 35.2. The second-order valence-corrected chi connectivity index (χ2v) is 19.7. The van der Waals surface area contributed by atoms with Crippen LogP contribution in [0.5, 0.6) is 0 Å². The molecule has 8 aromatic carbocycles. The standard InChI is InChI=1S/C49H40N2Si/c1-52(2,3)42-32-30-39(31-33-42)50(40-18-13-19-41(34-40)51-47-24-9-7-20-45(47)46-21-8-10-25-48(46)51)38-28-26-36(27-29-38)44-23-12-17-37-16-11-22-43(49(37)44)35-14-5-4-6-15-35/h4-34H,1-3H3. The van der Waals surface area contributed by atoms with Gasteiger partial charge in [0.05, 0.1) is 19.1 Å². The molecule has 0 radical (unpaired) electrons. The predicted molar refractivity (Wildman–Crippen MR) is 227 cm³/mol. The number of rotatable bonds is 7. The first-order valence-electron chi connectivity index (χ1n) is 18.1. The fourth-order valence-electron chi connectivity index (χ4n) is 7.76. The molecule has 1 aromatic heterocycles. The van der Waals surface area contributed by atoms with Gasteiger partial charge in [0.1, 0.15) is 0 Å². The summed E-state index contributed by atoms with van der Waals surface area (Å²) < 4.78 is 2.40. The molecule has 0 amide bonds. The smallest absolute Gasteiger partial charge is 0.0775 e. The van der Waals surface area contributed by atoms with Crippen LogP contribution in [0.3, 0.4) is 0 Å². The van der Waals surface area contributed by atoms with Gasteiger partial charge in [-0.3, -0.25) is 0 Å². The van der Waals surface area contributed by atoms with E-state index in [0.29, 0.717) is 0 Å². The Morgan fingerprint density at radius 2 is 0.942 bits per heavy atom. The van der Waals surface area contributed by atoms with E-state index in [4.69, 9.17) is 0 Å². The third kappa shape index (κ3) is 5.60. The molecule has 0 N–H and O–H groups in total. The number of hydrogen-bond acceptors (Lipinski definition) is 1. The van der Waals surface area contributed by atoms with Gasteiger partial charge in [-0.05, 0) is 87.6 Å². The van der Waals surface area contributed by atoms with Crippen molar-refractivity contribution in [3.63, 3.8) is 0 Å².